The van der Waals surface area contributed by atoms with Crippen molar-refractivity contribution in [1.29, 1.82) is 0 Å². The minimum absolute atomic E-state index is 0.426. The molecule has 1 aromatic rings. The molecule has 1 aromatic carbocycles. The number of piperazine rings is 1. The summed E-state index contributed by atoms with van der Waals surface area (Å²) < 4.78 is 5.62. The van der Waals surface area contributed by atoms with Gasteiger partial charge in [0.05, 0.1) is 6.10 Å². The third-order valence-electron chi connectivity index (χ3n) is 4.53. The third kappa shape index (κ3) is 4.19. The largest absolute Gasteiger partial charge is 0.377 e. The van der Waals surface area contributed by atoms with E-state index in [2.05, 4.69) is 46.4 Å². The Hall–Kier alpha value is -1.10. The van der Waals surface area contributed by atoms with Crippen LogP contribution in [0.25, 0.3) is 0 Å². The van der Waals surface area contributed by atoms with Crippen molar-refractivity contribution < 1.29 is 4.74 Å². The number of hydrogen-bond donors (Lipinski definition) is 1. The maximum absolute atomic E-state index is 5.62. The maximum atomic E-state index is 5.62. The van der Waals surface area contributed by atoms with Gasteiger partial charge in [0.15, 0.2) is 0 Å². The fourth-order valence-electron chi connectivity index (χ4n) is 3.07. The first-order valence-corrected chi connectivity index (χ1v) is 8.16. The van der Waals surface area contributed by atoms with Gasteiger partial charge in [-0.3, -0.25) is 0 Å². The van der Waals surface area contributed by atoms with Crippen LogP contribution >= 0.6 is 0 Å². The summed E-state index contributed by atoms with van der Waals surface area (Å²) in [6.07, 6.45) is 2.84. The highest BCUT2D eigenvalue weighted by Crippen LogP contribution is 2.17. The molecule has 4 nitrogen and oxygen atoms in total. The number of rotatable bonds is 5. The van der Waals surface area contributed by atoms with Gasteiger partial charge in [-0.25, -0.2) is 0 Å². The van der Waals surface area contributed by atoms with Crippen molar-refractivity contribution in [2.75, 3.05) is 51.3 Å². The lowest BCUT2D eigenvalue weighted by molar-refractivity contribution is 0.110. The van der Waals surface area contributed by atoms with E-state index < -0.39 is 0 Å². The Labute approximate surface area is 128 Å². The molecule has 2 aliphatic rings. The normalized spacial score (nSPS) is 23.7. The van der Waals surface area contributed by atoms with Crippen molar-refractivity contribution in [2.24, 2.45) is 0 Å². The molecule has 0 radical (unpaired) electrons. The van der Waals surface area contributed by atoms with E-state index in [0.29, 0.717) is 6.10 Å². The molecule has 1 atom stereocenters. The molecule has 21 heavy (non-hydrogen) atoms. The summed E-state index contributed by atoms with van der Waals surface area (Å²) in [6.45, 7) is 7.42. The number of nitrogens with zero attached hydrogens (tertiary/aromatic N) is 2. The highest BCUT2D eigenvalue weighted by Gasteiger charge is 2.15. The molecule has 116 valence electrons. The van der Waals surface area contributed by atoms with Gasteiger partial charge >= 0.3 is 0 Å². The van der Waals surface area contributed by atoms with Crippen LogP contribution < -0.4 is 10.2 Å². The Bertz CT molecular complexity index is 420. The first-order chi connectivity index (χ1) is 10.3. The standard InChI is InChI=1S/C17H27N3O/c1-19-8-10-20(11-9-19)16-6-4-15(5-7-16)13-18-14-17-3-2-12-21-17/h4-7,17-18H,2-3,8-14H2,1H3. The SMILES string of the molecule is CN1CCN(c2ccc(CNCC3CCCO3)cc2)CC1. The van der Waals surface area contributed by atoms with Gasteiger partial charge in [-0.05, 0) is 37.6 Å². The fourth-order valence-corrected chi connectivity index (χ4v) is 3.07. The number of likely N-dealkylation sites (N-methyl/N-ethyl adjacent to an activating group) is 1. The van der Waals surface area contributed by atoms with Gasteiger partial charge in [-0.2, -0.15) is 0 Å². The van der Waals surface area contributed by atoms with Crippen LogP contribution in [-0.4, -0.2) is 57.4 Å². The topological polar surface area (TPSA) is 27.7 Å². The summed E-state index contributed by atoms with van der Waals surface area (Å²) in [5.74, 6) is 0. The van der Waals surface area contributed by atoms with Crippen LogP contribution in [-0.2, 0) is 11.3 Å². The fraction of sp³-hybridized carbons (Fsp3) is 0.647. The monoisotopic (exact) mass is 289 g/mol. The number of nitrogens with one attached hydrogen (secondary N) is 1. The van der Waals surface area contributed by atoms with Crippen LogP contribution in [0.2, 0.25) is 0 Å². The second-order valence-electron chi connectivity index (χ2n) is 6.22. The van der Waals surface area contributed by atoms with Crippen LogP contribution in [0.3, 0.4) is 0 Å². The Balaban J connectivity index is 1.45. The summed E-state index contributed by atoms with van der Waals surface area (Å²) in [4.78, 5) is 4.86. The Morgan fingerprint density at radius 1 is 1.14 bits per heavy atom. The molecule has 2 saturated heterocycles. The summed E-state index contributed by atoms with van der Waals surface area (Å²) in [5.41, 5.74) is 2.71. The third-order valence-corrected chi connectivity index (χ3v) is 4.53. The van der Waals surface area contributed by atoms with Crippen molar-refractivity contribution in [3.8, 4) is 0 Å². The number of hydrogen-bond acceptors (Lipinski definition) is 4. The van der Waals surface area contributed by atoms with Crippen molar-refractivity contribution in [2.45, 2.75) is 25.5 Å². The van der Waals surface area contributed by atoms with Crippen LogP contribution in [0.4, 0.5) is 5.69 Å². The molecule has 2 heterocycles. The second-order valence-corrected chi connectivity index (χ2v) is 6.22. The molecule has 2 aliphatic heterocycles. The van der Waals surface area contributed by atoms with E-state index >= 15 is 0 Å². The van der Waals surface area contributed by atoms with E-state index in [1.165, 1.54) is 24.1 Å². The van der Waals surface area contributed by atoms with Crippen LogP contribution in [0.5, 0.6) is 0 Å². The molecule has 1 N–H and O–H groups in total. The number of ether oxygens (including phenoxy) is 1. The molecule has 3 rings (SSSR count). The zero-order chi connectivity index (χ0) is 14.5. The van der Waals surface area contributed by atoms with E-state index in [1.54, 1.807) is 0 Å². The van der Waals surface area contributed by atoms with Gasteiger partial charge < -0.3 is 19.9 Å². The molecule has 4 heteroatoms. The molecule has 0 aliphatic carbocycles. The summed E-state index contributed by atoms with van der Waals surface area (Å²) in [5, 5.41) is 3.50. The van der Waals surface area contributed by atoms with Crippen molar-refractivity contribution in [1.82, 2.24) is 10.2 Å². The van der Waals surface area contributed by atoms with Crippen molar-refractivity contribution >= 4 is 5.69 Å². The van der Waals surface area contributed by atoms with E-state index in [9.17, 15) is 0 Å². The van der Waals surface area contributed by atoms with Gasteiger partial charge in [-0.1, -0.05) is 12.1 Å². The predicted octanol–water partition coefficient (Wildman–Crippen LogP) is 1.71. The lowest BCUT2D eigenvalue weighted by Gasteiger charge is -2.34. The number of benzene rings is 1. The van der Waals surface area contributed by atoms with E-state index in [1.807, 2.05) is 0 Å². The Kier molecular flexibility index (Phi) is 5.12. The lowest BCUT2D eigenvalue weighted by Crippen LogP contribution is -2.44. The van der Waals surface area contributed by atoms with Crippen LogP contribution in [0.15, 0.2) is 24.3 Å². The predicted molar refractivity (Wildman–Crippen MR) is 86.8 cm³/mol. The van der Waals surface area contributed by atoms with E-state index in [0.717, 1.165) is 45.9 Å². The van der Waals surface area contributed by atoms with E-state index in [4.69, 9.17) is 4.74 Å². The minimum Gasteiger partial charge on any atom is -0.377 e. The zero-order valence-electron chi connectivity index (χ0n) is 13.1. The minimum atomic E-state index is 0.426. The van der Waals surface area contributed by atoms with Gasteiger partial charge in [0.25, 0.3) is 0 Å². The molecule has 0 aromatic heterocycles. The molecule has 0 saturated carbocycles. The molecule has 1 unspecified atom stereocenters. The second kappa shape index (κ2) is 7.25. The van der Waals surface area contributed by atoms with Crippen molar-refractivity contribution in [3.63, 3.8) is 0 Å². The molecule has 2 fully saturated rings. The zero-order valence-corrected chi connectivity index (χ0v) is 13.1. The molecular formula is C17H27N3O. The van der Waals surface area contributed by atoms with Gasteiger partial charge in [-0.15, -0.1) is 0 Å². The molecule has 0 bridgehead atoms. The first-order valence-electron chi connectivity index (χ1n) is 8.16. The quantitative estimate of drug-likeness (QED) is 0.893. The average molecular weight is 289 g/mol. The van der Waals surface area contributed by atoms with Crippen LogP contribution in [0, 0.1) is 0 Å². The smallest absolute Gasteiger partial charge is 0.0700 e. The molecule has 0 spiro atoms. The van der Waals surface area contributed by atoms with Gasteiger partial charge in [0.1, 0.15) is 0 Å². The summed E-state index contributed by atoms with van der Waals surface area (Å²) >= 11 is 0. The highest BCUT2D eigenvalue weighted by atomic mass is 16.5. The summed E-state index contributed by atoms with van der Waals surface area (Å²) in [7, 11) is 2.19. The Morgan fingerprint density at radius 2 is 1.90 bits per heavy atom. The first kappa shape index (κ1) is 14.8. The lowest BCUT2D eigenvalue weighted by atomic mass is 10.1. The van der Waals surface area contributed by atoms with Gasteiger partial charge in [0, 0.05) is 51.6 Å². The van der Waals surface area contributed by atoms with Gasteiger partial charge in [0.2, 0.25) is 0 Å². The molecule has 0 amide bonds. The molecular weight excluding hydrogens is 262 g/mol. The van der Waals surface area contributed by atoms with Crippen LogP contribution in [0.1, 0.15) is 18.4 Å². The van der Waals surface area contributed by atoms with E-state index in [-0.39, 0.29) is 0 Å². The number of anilines is 1. The average Bonchev–Trinajstić information content (AvgIpc) is 3.02. The van der Waals surface area contributed by atoms with Crippen molar-refractivity contribution in [3.05, 3.63) is 29.8 Å². The Morgan fingerprint density at radius 3 is 2.57 bits per heavy atom. The highest BCUT2D eigenvalue weighted by molar-refractivity contribution is 5.48. The maximum Gasteiger partial charge on any atom is 0.0700 e. The summed E-state index contributed by atoms with van der Waals surface area (Å²) in [6, 6.07) is 9.01.